The summed E-state index contributed by atoms with van der Waals surface area (Å²) in [5.41, 5.74) is 7.13. The number of benzene rings is 1. The Balaban J connectivity index is 2.55. The van der Waals surface area contributed by atoms with Gasteiger partial charge in [-0.15, -0.1) is 0 Å². The first-order chi connectivity index (χ1) is 9.43. The molecule has 20 heavy (non-hydrogen) atoms. The van der Waals surface area contributed by atoms with E-state index in [1.54, 1.807) is 37.1 Å². The van der Waals surface area contributed by atoms with Crippen molar-refractivity contribution in [2.45, 2.75) is 19.9 Å². The van der Waals surface area contributed by atoms with E-state index < -0.39 is 6.04 Å². The lowest BCUT2D eigenvalue weighted by atomic mass is 10.2. The van der Waals surface area contributed by atoms with E-state index in [2.05, 4.69) is 5.32 Å². The highest BCUT2D eigenvalue weighted by molar-refractivity contribution is 5.95. The molecule has 0 spiro atoms. The Labute approximate surface area is 119 Å². The predicted octanol–water partition coefficient (Wildman–Crippen LogP) is 1.26. The van der Waals surface area contributed by atoms with Gasteiger partial charge in [0, 0.05) is 25.4 Å². The van der Waals surface area contributed by atoms with E-state index in [0.29, 0.717) is 12.2 Å². The summed E-state index contributed by atoms with van der Waals surface area (Å²) < 4.78 is 0. The number of carbonyl (C=O) groups excluding carboxylic acids is 2. The van der Waals surface area contributed by atoms with Crippen LogP contribution in [0.25, 0.3) is 6.08 Å². The molecule has 1 aromatic carbocycles. The number of nitrogens with zero attached hydrogens (tertiary/aromatic N) is 1. The largest absolute Gasteiger partial charge is 0.399 e. The van der Waals surface area contributed by atoms with Crippen molar-refractivity contribution in [2.24, 2.45) is 0 Å². The third-order valence-corrected chi connectivity index (χ3v) is 2.94. The molecule has 0 aliphatic heterocycles. The average molecular weight is 275 g/mol. The first kappa shape index (κ1) is 15.8. The molecule has 0 fully saturated rings. The fraction of sp³-hybridized carbons (Fsp3) is 0.333. The number of nitrogens with one attached hydrogen (secondary N) is 1. The van der Waals surface area contributed by atoms with Crippen LogP contribution in [0, 0.1) is 0 Å². The number of nitrogens with two attached hydrogens (primary N) is 1. The molecule has 108 valence electrons. The van der Waals surface area contributed by atoms with E-state index in [0.717, 1.165) is 5.56 Å². The van der Waals surface area contributed by atoms with Crippen molar-refractivity contribution in [3.63, 3.8) is 0 Å². The number of likely N-dealkylation sites (N-methyl/N-ethyl adjacent to an activating group) is 1. The van der Waals surface area contributed by atoms with Crippen LogP contribution in [-0.4, -0.2) is 36.3 Å². The zero-order valence-corrected chi connectivity index (χ0v) is 12.1. The van der Waals surface area contributed by atoms with Crippen LogP contribution in [0.15, 0.2) is 30.3 Å². The van der Waals surface area contributed by atoms with Gasteiger partial charge in [0.15, 0.2) is 0 Å². The maximum absolute atomic E-state index is 11.8. The smallest absolute Gasteiger partial charge is 0.244 e. The van der Waals surface area contributed by atoms with Gasteiger partial charge in [0.1, 0.15) is 6.04 Å². The van der Waals surface area contributed by atoms with Crippen molar-refractivity contribution in [3.05, 3.63) is 35.9 Å². The molecule has 0 aliphatic carbocycles. The lowest BCUT2D eigenvalue weighted by Crippen LogP contribution is -2.44. The lowest BCUT2D eigenvalue weighted by Gasteiger charge is -2.19. The number of carbonyl (C=O) groups is 2. The van der Waals surface area contributed by atoms with Gasteiger partial charge in [-0.25, -0.2) is 0 Å². The SMILES string of the molecule is CCN(C)C(=O)C(C)NC(=O)/C=C/c1ccc(N)cc1. The molecule has 1 unspecified atom stereocenters. The highest BCUT2D eigenvalue weighted by atomic mass is 16.2. The quantitative estimate of drug-likeness (QED) is 0.627. The van der Waals surface area contributed by atoms with Gasteiger partial charge in [-0.2, -0.15) is 0 Å². The lowest BCUT2D eigenvalue weighted by molar-refractivity contribution is -0.133. The van der Waals surface area contributed by atoms with E-state index in [9.17, 15) is 9.59 Å². The maximum atomic E-state index is 11.8. The van der Waals surface area contributed by atoms with Crippen LogP contribution in [0.5, 0.6) is 0 Å². The second-order valence-electron chi connectivity index (χ2n) is 4.58. The topological polar surface area (TPSA) is 75.4 Å². The summed E-state index contributed by atoms with van der Waals surface area (Å²) in [7, 11) is 1.70. The molecule has 0 saturated heterocycles. The molecule has 1 aromatic rings. The molecule has 0 heterocycles. The normalized spacial score (nSPS) is 12.2. The highest BCUT2D eigenvalue weighted by Crippen LogP contribution is 2.06. The monoisotopic (exact) mass is 275 g/mol. The van der Waals surface area contributed by atoms with Gasteiger partial charge >= 0.3 is 0 Å². The summed E-state index contributed by atoms with van der Waals surface area (Å²) in [5, 5.41) is 2.63. The van der Waals surface area contributed by atoms with Gasteiger partial charge in [0.05, 0.1) is 0 Å². The molecule has 2 amide bonds. The molecule has 3 N–H and O–H groups in total. The zero-order chi connectivity index (χ0) is 15.1. The van der Waals surface area contributed by atoms with Crippen LogP contribution in [0.2, 0.25) is 0 Å². The summed E-state index contributed by atoms with van der Waals surface area (Å²) in [6.45, 7) is 4.16. The third kappa shape index (κ3) is 4.76. The Morgan fingerprint density at radius 2 is 1.95 bits per heavy atom. The number of hydrogen-bond donors (Lipinski definition) is 2. The second-order valence-corrected chi connectivity index (χ2v) is 4.58. The van der Waals surface area contributed by atoms with Crippen LogP contribution >= 0.6 is 0 Å². The molecule has 1 atom stereocenters. The molecular weight excluding hydrogens is 254 g/mol. The van der Waals surface area contributed by atoms with Gasteiger partial charge < -0.3 is 16.0 Å². The Bertz CT molecular complexity index is 494. The van der Waals surface area contributed by atoms with E-state index >= 15 is 0 Å². The molecular formula is C15H21N3O2. The minimum absolute atomic E-state index is 0.110. The summed E-state index contributed by atoms with van der Waals surface area (Å²) in [6, 6.07) is 6.63. The number of hydrogen-bond acceptors (Lipinski definition) is 3. The van der Waals surface area contributed by atoms with Crippen molar-refractivity contribution >= 4 is 23.6 Å². The van der Waals surface area contributed by atoms with Crippen molar-refractivity contribution in [1.82, 2.24) is 10.2 Å². The second kappa shape index (κ2) is 7.33. The molecule has 0 aromatic heterocycles. The number of anilines is 1. The van der Waals surface area contributed by atoms with Crippen LogP contribution in [0.3, 0.4) is 0 Å². The minimum atomic E-state index is -0.538. The molecule has 5 nitrogen and oxygen atoms in total. The summed E-state index contributed by atoms with van der Waals surface area (Å²) in [4.78, 5) is 25.1. The van der Waals surface area contributed by atoms with Crippen LogP contribution < -0.4 is 11.1 Å². The van der Waals surface area contributed by atoms with Gasteiger partial charge in [-0.1, -0.05) is 12.1 Å². The first-order valence-corrected chi connectivity index (χ1v) is 6.53. The van der Waals surface area contributed by atoms with Crippen molar-refractivity contribution < 1.29 is 9.59 Å². The van der Waals surface area contributed by atoms with E-state index in [1.807, 2.05) is 19.1 Å². The van der Waals surface area contributed by atoms with Gasteiger partial charge in [0.2, 0.25) is 11.8 Å². The molecule has 0 radical (unpaired) electrons. The molecule has 1 rings (SSSR count). The van der Waals surface area contributed by atoms with Gasteiger partial charge in [0.25, 0.3) is 0 Å². The number of amides is 2. The van der Waals surface area contributed by atoms with E-state index in [-0.39, 0.29) is 11.8 Å². The number of rotatable bonds is 5. The Hall–Kier alpha value is -2.30. The summed E-state index contributed by atoms with van der Waals surface area (Å²) in [5.74, 6) is -0.408. The average Bonchev–Trinajstić information content (AvgIpc) is 2.44. The van der Waals surface area contributed by atoms with E-state index in [1.165, 1.54) is 6.08 Å². The third-order valence-electron chi connectivity index (χ3n) is 2.94. The molecule has 0 aliphatic rings. The van der Waals surface area contributed by atoms with Gasteiger partial charge in [-0.3, -0.25) is 9.59 Å². The Morgan fingerprint density at radius 1 is 1.35 bits per heavy atom. The minimum Gasteiger partial charge on any atom is -0.399 e. The number of nitrogen functional groups attached to an aromatic ring is 1. The van der Waals surface area contributed by atoms with E-state index in [4.69, 9.17) is 5.73 Å². The van der Waals surface area contributed by atoms with Crippen LogP contribution in [0.4, 0.5) is 5.69 Å². The fourth-order valence-electron chi connectivity index (χ4n) is 1.59. The highest BCUT2D eigenvalue weighted by Gasteiger charge is 2.17. The maximum Gasteiger partial charge on any atom is 0.244 e. The standard InChI is InChI=1S/C15H21N3O2/c1-4-18(3)15(20)11(2)17-14(19)10-7-12-5-8-13(16)9-6-12/h5-11H,4,16H2,1-3H3,(H,17,19)/b10-7+. The zero-order valence-electron chi connectivity index (χ0n) is 12.1. The van der Waals surface area contributed by atoms with Crippen LogP contribution in [-0.2, 0) is 9.59 Å². The Morgan fingerprint density at radius 3 is 2.50 bits per heavy atom. The van der Waals surface area contributed by atoms with Crippen molar-refractivity contribution in [3.8, 4) is 0 Å². The molecule has 5 heteroatoms. The summed E-state index contributed by atoms with van der Waals surface area (Å²) in [6.07, 6.45) is 3.08. The first-order valence-electron chi connectivity index (χ1n) is 6.53. The Kier molecular flexibility index (Phi) is 5.77. The van der Waals surface area contributed by atoms with Gasteiger partial charge in [-0.05, 0) is 37.6 Å². The van der Waals surface area contributed by atoms with Crippen molar-refractivity contribution in [1.29, 1.82) is 0 Å². The fourth-order valence-corrected chi connectivity index (χ4v) is 1.59. The van der Waals surface area contributed by atoms with Crippen molar-refractivity contribution in [2.75, 3.05) is 19.3 Å². The van der Waals surface area contributed by atoms with Crippen LogP contribution in [0.1, 0.15) is 19.4 Å². The molecule has 0 bridgehead atoms. The summed E-state index contributed by atoms with van der Waals surface area (Å²) >= 11 is 0. The predicted molar refractivity (Wildman–Crippen MR) is 80.8 cm³/mol. The molecule has 0 saturated carbocycles.